The van der Waals surface area contributed by atoms with Gasteiger partial charge >= 0.3 is 5.97 Å². The molecule has 7 heteroatoms. The van der Waals surface area contributed by atoms with Gasteiger partial charge in [0.2, 0.25) is 0 Å². The van der Waals surface area contributed by atoms with Gasteiger partial charge in [0.15, 0.2) is 0 Å². The van der Waals surface area contributed by atoms with E-state index in [0.29, 0.717) is 15.6 Å². The Hall–Kier alpha value is -2.41. The van der Waals surface area contributed by atoms with Gasteiger partial charge in [0.1, 0.15) is 21.7 Å². The highest BCUT2D eigenvalue weighted by molar-refractivity contribution is 7.17. The number of aromatic nitrogens is 1. The van der Waals surface area contributed by atoms with Gasteiger partial charge in [-0.2, -0.15) is 0 Å². The van der Waals surface area contributed by atoms with Gasteiger partial charge in [0, 0.05) is 5.56 Å². The van der Waals surface area contributed by atoms with Crippen LogP contribution in [0.3, 0.4) is 0 Å². The van der Waals surface area contributed by atoms with E-state index < -0.39 is 17.9 Å². The number of carbonyl (C=O) groups is 2. The van der Waals surface area contributed by atoms with Crippen LogP contribution < -0.4 is 10.1 Å². The van der Waals surface area contributed by atoms with Crippen LogP contribution in [0.2, 0.25) is 0 Å². The first kappa shape index (κ1) is 17.9. The van der Waals surface area contributed by atoms with E-state index in [2.05, 4.69) is 10.3 Å². The summed E-state index contributed by atoms with van der Waals surface area (Å²) in [6.07, 6.45) is 0. The van der Waals surface area contributed by atoms with Crippen LogP contribution in [-0.4, -0.2) is 35.1 Å². The minimum absolute atomic E-state index is 0.208. The number of rotatable bonds is 6. The molecule has 2 N–H and O–H groups in total. The number of aryl methyl sites for hydroxylation is 1. The first-order valence-corrected chi connectivity index (χ1v) is 8.30. The standard InChI is InChI=1S/C17H20N2O4S/c1-9(2)13(17(21)22)19-15(20)14-10(3)18-16(24-14)11-5-7-12(23-4)8-6-11/h5-9,13H,1-4H3,(H,19,20)(H,21,22). The van der Waals surface area contributed by atoms with Crippen LogP contribution in [0.1, 0.15) is 29.2 Å². The highest BCUT2D eigenvalue weighted by Gasteiger charge is 2.26. The summed E-state index contributed by atoms with van der Waals surface area (Å²) in [4.78, 5) is 28.5. The van der Waals surface area contributed by atoms with E-state index in [4.69, 9.17) is 4.74 Å². The van der Waals surface area contributed by atoms with E-state index in [0.717, 1.165) is 11.3 Å². The molecule has 0 radical (unpaired) electrons. The minimum Gasteiger partial charge on any atom is -0.497 e. The van der Waals surface area contributed by atoms with Crippen molar-refractivity contribution in [1.82, 2.24) is 10.3 Å². The molecule has 2 rings (SSSR count). The minimum atomic E-state index is -1.05. The van der Waals surface area contributed by atoms with Crippen molar-refractivity contribution in [2.75, 3.05) is 7.11 Å². The van der Waals surface area contributed by atoms with Crippen molar-refractivity contribution in [1.29, 1.82) is 0 Å². The molecule has 0 aliphatic heterocycles. The third-order valence-electron chi connectivity index (χ3n) is 3.56. The molecule has 6 nitrogen and oxygen atoms in total. The number of amides is 1. The fourth-order valence-corrected chi connectivity index (χ4v) is 3.16. The lowest BCUT2D eigenvalue weighted by Gasteiger charge is -2.17. The van der Waals surface area contributed by atoms with E-state index in [1.54, 1.807) is 27.9 Å². The second-order valence-electron chi connectivity index (χ2n) is 5.70. The molecule has 2 aromatic rings. The molecule has 1 amide bonds. The Labute approximate surface area is 144 Å². The molecule has 0 aliphatic carbocycles. The number of carboxylic acids is 1. The van der Waals surface area contributed by atoms with Crippen molar-refractivity contribution in [2.24, 2.45) is 5.92 Å². The first-order chi connectivity index (χ1) is 11.3. The summed E-state index contributed by atoms with van der Waals surface area (Å²) in [7, 11) is 1.60. The quantitative estimate of drug-likeness (QED) is 0.838. The topological polar surface area (TPSA) is 88.5 Å². The molecule has 0 saturated heterocycles. The molecule has 0 saturated carbocycles. The molecule has 1 unspecified atom stereocenters. The van der Waals surface area contributed by atoms with Gasteiger partial charge in [-0.15, -0.1) is 11.3 Å². The zero-order chi connectivity index (χ0) is 17.9. The first-order valence-electron chi connectivity index (χ1n) is 7.49. The number of carbonyl (C=O) groups excluding carboxylic acids is 1. The lowest BCUT2D eigenvalue weighted by molar-refractivity contribution is -0.140. The molecule has 0 aliphatic rings. The highest BCUT2D eigenvalue weighted by Crippen LogP contribution is 2.29. The SMILES string of the molecule is COc1ccc(-c2nc(C)c(C(=O)NC(C(=O)O)C(C)C)s2)cc1. The maximum absolute atomic E-state index is 12.4. The van der Waals surface area contributed by atoms with Crippen LogP contribution in [-0.2, 0) is 4.79 Å². The van der Waals surface area contributed by atoms with Crippen molar-refractivity contribution < 1.29 is 19.4 Å². The number of carboxylic acid groups (broad SMARTS) is 1. The predicted molar refractivity (Wildman–Crippen MR) is 92.6 cm³/mol. The fourth-order valence-electron chi connectivity index (χ4n) is 2.18. The summed E-state index contributed by atoms with van der Waals surface area (Å²) in [5, 5.41) is 12.5. The molecule has 1 atom stereocenters. The smallest absolute Gasteiger partial charge is 0.326 e. The van der Waals surface area contributed by atoms with Crippen molar-refractivity contribution in [2.45, 2.75) is 26.8 Å². The number of hydrogen-bond donors (Lipinski definition) is 2. The molecule has 24 heavy (non-hydrogen) atoms. The number of ether oxygens (including phenoxy) is 1. The summed E-state index contributed by atoms with van der Waals surface area (Å²) in [5.74, 6) is -0.922. The average Bonchev–Trinajstić information content (AvgIpc) is 2.93. The average molecular weight is 348 g/mol. The molecule has 1 heterocycles. The van der Waals surface area contributed by atoms with Gasteiger partial charge in [-0.1, -0.05) is 13.8 Å². The number of nitrogens with one attached hydrogen (secondary N) is 1. The van der Waals surface area contributed by atoms with Gasteiger partial charge in [-0.25, -0.2) is 9.78 Å². The molecule has 0 fully saturated rings. The molecule has 128 valence electrons. The van der Waals surface area contributed by atoms with Gasteiger partial charge < -0.3 is 15.2 Å². The van der Waals surface area contributed by atoms with Crippen LogP contribution in [0.5, 0.6) is 5.75 Å². The Morgan fingerprint density at radius 1 is 1.25 bits per heavy atom. The van der Waals surface area contributed by atoms with Crippen LogP contribution in [0.4, 0.5) is 0 Å². The van der Waals surface area contributed by atoms with Gasteiger partial charge in [0.25, 0.3) is 5.91 Å². The van der Waals surface area contributed by atoms with Crippen molar-refractivity contribution in [3.8, 4) is 16.3 Å². The summed E-state index contributed by atoms with van der Waals surface area (Å²) in [6.45, 7) is 5.24. The van der Waals surface area contributed by atoms with Crippen molar-refractivity contribution >= 4 is 23.2 Å². The maximum Gasteiger partial charge on any atom is 0.326 e. The van der Waals surface area contributed by atoms with E-state index >= 15 is 0 Å². The highest BCUT2D eigenvalue weighted by atomic mass is 32.1. The molecular formula is C17H20N2O4S. The summed E-state index contributed by atoms with van der Waals surface area (Å²) in [5.41, 5.74) is 1.46. The molecule has 0 spiro atoms. The predicted octanol–water partition coefficient (Wildman–Crippen LogP) is 2.97. The van der Waals surface area contributed by atoms with Crippen LogP contribution in [0.25, 0.3) is 10.6 Å². The van der Waals surface area contributed by atoms with E-state index in [9.17, 15) is 14.7 Å². The Morgan fingerprint density at radius 3 is 2.38 bits per heavy atom. The molecule has 1 aromatic carbocycles. The third kappa shape index (κ3) is 3.91. The zero-order valence-electron chi connectivity index (χ0n) is 14.0. The normalized spacial score (nSPS) is 12.0. The fraction of sp³-hybridized carbons (Fsp3) is 0.353. The Bertz CT molecular complexity index is 738. The number of methoxy groups -OCH3 is 1. The van der Waals surface area contributed by atoms with Crippen LogP contribution in [0, 0.1) is 12.8 Å². The van der Waals surface area contributed by atoms with Crippen molar-refractivity contribution in [3.05, 3.63) is 34.8 Å². The number of thiazole rings is 1. The number of benzene rings is 1. The van der Waals surface area contributed by atoms with Crippen molar-refractivity contribution in [3.63, 3.8) is 0 Å². The lowest BCUT2D eigenvalue weighted by atomic mass is 10.0. The van der Waals surface area contributed by atoms with Gasteiger partial charge in [-0.3, -0.25) is 4.79 Å². The van der Waals surface area contributed by atoms with E-state index in [1.807, 2.05) is 24.3 Å². The van der Waals surface area contributed by atoms with Crippen LogP contribution in [0.15, 0.2) is 24.3 Å². The number of nitrogens with zero attached hydrogens (tertiary/aromatic N) is 1. The molecular weight excluding hydrogens is 328 g/mol. The Kier molecular flexibility index (Phi) is 5.56. The Balaban J connectivity index is 2.24. The van der Waals surface area contributed by atoms with E-state index in [-0.39, 0.29) is 5.92 Å². The third-order valence-corrected chi connectivity index (χ3v) is 4.76. The van der Waals surface area contributed by atoms with E-state index in [1.165, 1.54) is 11.3 Å². The number of hydrogen-bond acceptors (Lipinski definition) is 5. The lowest BCUT2D eigenvalue weighted by Crippen LogP contribution is -2.44. The largest absolute Gasteiger partial charge is 0.497 e. The molecule has 1 aromatic heterocycles. The monoisotopic (exact) mass is 348 g/mol. The Morgan fingerprint density at radius 2 is 1.88 bits per heavy atom. The second kappa shape index (κ2) is 7.44. The maximum atomic E-state index is 12.4. The van der Waals surface area contributed by atoms with Gasteiger partial charge in [-0.05, 0) is 37.1 Å². The zero-order valence-corrected chi connectivity index (χ0v) is 14.8. The summed E-state index contributed by atoms with van der Waals surface area (Å²) in [6, 6.07) is 6.46. The summed E-state index contributed by atoms with van der Waals surface area (Å²) < 4.78 is 5.12. The second-order valence-corrected chi connectivity index (χ2v) is 6.69. The van der Waals surface area contributed by atoms with Crippen LogP contribution >= 0.6 is 11.3 Å². The molecule has 0 bridgehead atoms. The number of aliphatic carboxylic acids is 1. The summed E-state index contributed by atoms with van der Waals surface area (Å²) >= 11 is 1.24. The van der Waals surface area contributed by atoms with Gasteiger partial charge in [0.05, 0.1) is 12.8 Å².